The van der Waals surface area contributed by atoms with E-state index in [0.717, 1.165) is 43.3 Å². The standard InChI is InChI=1S/C25H35FN4O3/c1-16(2)17-3-6-19(7-4-17)29-11-9-20(10-12-29)30-23-8-5-18(26)13-21(23)22(14-28-33)24(30)15-27-25(31)32/h5,8,13-14,16-17,19-20,27,33H,3-4,6-7,9-12,15H2,1-2H3,(H,31,32). The summed E-state index contributed by atoms with van der Waals surface area (Å²) in [7, 11) is 0. The van der Waals surface area contributed by atoms with E-state index in [-0.39, 0.29) is 18.4 Å². The Morgan fingerprint density at radius 1 is 1.18 bits per heavy atom. The zero-order valence-corrected chi connectivity index (χ0v) is 19.5. The quantitative estimate of drug-likeness (QED) is 0.315. The van der Waals surface area contributed by atoms with E-state index in [4.69, 9.17) is 0 Å². The lowest BCUT2D eigenvalue weighted by Crippen LogP contribution is -2.44. The van der Waals surface area contributed by atoms with E-state index in [1.165, 1.54) is 44.0 Å². The predicted molar refractivity (Wildman–Crippen MR) is 127 cm³/mol. The number of hydrogen-bond donors (Lipinski definition) is 3. The lowest BCUT2D eigenvalue weighted by Gasteiger charge is -2.42. The van der Waals surface area contributed by atoms with Crippen LogP contribution in [-0.2, 0) is 6.54 Å². The van der Waals surface area contributed by atoms with Gasteiger partial charge in [-0.2, -0.15) is 0 Å². The van der Waals surface area contributed by atoms with Crippen LogP contribution in [0.3, 0.4) is 0 Å². The van der Waals surface area contributed by atoms with Gasteiger partial charge in [0.25, 0.3) is 0 Å². The molecular weight excluding hydrogens is 423 g/mol. The monoisotopic (exact) mass is 458 g/mol. The minimum atomic E-state index is -1.13. The number of carbonyl (C=O) groups is 1. The van der Waals surface area contributed by atoms with Gasteiger partial charge in [0.05, 0.1) is 12.8 Å². The van der Waals surface area contributed by atoms with Crippen LogP contribution in [0.5, 0.6) is 0 Å². The van der Waals surface area contributed by atoms with E-state index in [2.05, 4.69) is 33.8 Å². The zero-order chi connectivity index (χ0) is 23.5. The molecule has 2 fully saturated rings. The van der Waals surface area contributed by atoms with Crippen LogP contribution >= 0.6 is 0 Å². The van der Waals surface area contributed by atoms with Crippen molar-refractivity contribution in [2.75, 3.05) is 13.1 Å². The van der Waals surface area contributed by atoms with Gasteiger partial charge < -0.3 is 25.1 Å². The molecule has 2 aliphatic rings. The van der Waals surface area contributed by atoms with E-state index >= 15 is 0 Å². The summed E-state index contributed by atoms with van der Waals surface area (Å²) >= 11 is 0. The number of nitrogens with one attached hydrogen (secondary N) is 1. The number of fused-ring (bicyclic) bond motifs is 1. The van der Waals surface area contributed by atoms with Gasteiger partial charge in [0, 0.05) is 47.3 Å². The summed E-state index contributed by atoms with van der Waals surface area (Å²) in [6.45, 7) is 6.72. The Morgan fingerprint density at radius 3 is 2.48 bits per heavy atom. The van der Waals surface area contributed by atoms with Crippen LogP contribution in [0.1, 0.15) is 69.7 Å². The van der Waals surface area contributed by atoms with Gasteiger partial charge in [0.2, 0.25) is 0 Å². The first-order valence-electron chi connectivity index (χ1n) is 12.1. The van der Waals surface area contributed by atoms with Gasteiger partial charge in [-0.05, 0) is 68.6 Å². The summed E-state index contributed by atoms with van der Waals surface area (Å²) in [6.07, 6.45) is 7.20. The number of carboxylic acid groups (broad SMARTS) is 1. The minimum absolute atomic E-state index is 0.0619. The van der Waals surface area contributed by atoms with Crippen molar-refractivity contribution in [3.05, 3.63) is 35.3 Å². The average molecular weight is 459 g/mol. The molecule has 3 N–H and O–H groups in total. The summed E-state index contributed by atoms with van der Waals surface area (Å²) in [5.74, 6) is 1.23. The van der Waals surface area contributed by atoms with Crippen molar-refractivity contribution in [2.24, 2.45) is 17.0 Å². The van der Waals surface area contributed by atoms with Crippen LogP contribution in [0.15, 0.2) is 23.4 Å². The number of amides is 1. The van der Waals surface area contributed by atoms with Gasteiger partial charge in [-0.1, -0.05) is 19.0 Å². The Labute approximate surface area is 194 Å². The fourth-order valence-corrected chi connectivity index (χ4v) is 5.97. The Kier molecular flexibility index (Phi) is 7.22. The molecule has 1 aromatic carbocycles. The van der Waals surface area contributed by atoms with Crippen LogP contribution < -0.4 is 5.32 Å². The zero-order valence-electron chi connectivity index (χ0n) is 19.5. The second kappa shape index (κ2) is 10.1. The number of benzene rings is 1. The number of piperidine rings is 1. The second-order valence-electron chi connectivity index (χ2n) is 9.87. The van der Waals surface area contributed by atoms with Crippen LogP contribution in [0.2, 0.25) is 0 Å². The van der Waals surface area contributed by atoms with Crippen molar-refractivity contribution in [1.82, 2.24) is 14.8 Å². The summed E-state index contributed by atoms with van der Waals surface area (Å²) in [5, 5.41) is 24.6. The van der Waals surface area contributed by atoms with Crippen molar-refractivity contribution < 1.29 is 19.5 Å². The molecule has 2 aromatic rings. The summed E-state index contributed by atoms with van der Waals surface area (Å²) in [4.78, 5) is 13.8. The summed E-state index contributed by atoms with van der Waals surface area (Å²) < 4.78 is 16.2. The van der Waals surface area contributed by atoms with Gasteiger partial charge >= 0.3 is 6.09 Å². The molecule has 0 unspecified atom stereocenters. The molecule has 1 amide bonds. The number of hydrogen-bond acceptors (Lipinski definition) is 4. The van der Waals surface area contributed by atoms with Gasteiger partial charge in [-0.25, -0.2) is 9.18 Å². The molecule has 0 spiro atoms. The Bertz CT molecular complexity index is 1000. The van der Waals surface area contributed by atoms with E-state index in [1.807, 2.05) is 0 Å². The molecule has 7 nitrogen and oxygen atoms in total. The number of rotatable bonds is 6. The third-order valence-electron chi connectivity index (χ3n) is 7.77. The lowest BCUT2D eigenvalue weighted by molar-refractivity contribution is 0.0889. The highest BCUT2D eigenvalue weighted by molar-refractivity contribution is 6.01. The Morgan fingerprint density at radius 2 is 1.88 bits per heavy atom. The third kappa shape index (κ3) is 5.00. The first-order valence-corrected chi connectivity index (χ1v) is 12.1. The second-order valence-corrected chi connectivity index (χ2v) is 9.87. The van der Waals surface area contributed by atoms with E-state index in [9.17, 15) is 19.5 Å². The maximum atomic E-state index is 14.1. The molecule has 33 heavy (non-hydrogen) atoms. The molecule has 4 rings (SSSR count). The molecule has 1 saturated carbocycles. The van der Waals surface area contributed by atoms with Crippen molar-refractivity contribution in [1.29, 1.82) is 0 Å². The molecule has 0 atom stereocenters. The third-order valence-corrected chi connectivity index (χ3v) is 7.77. The van der Waals surface area contributed by atoms with Crippen LogP contribution in [0.4, 0.5) is 9.18 Å². The Balaban J connectivity index is 1.57. The molecule has 2 heterocycles. The van der Waals surface area contributed by atoms with Gasteiger partial charge in [-0.15, -0.1) is 0 Å². The van der Waals surface area contributed by atoms with Gasteiger partial charge in [0.15, 0.2) is 0 Å². The number of nitrogens with zero attached hydrogens (tertiary/aromatic N) is 3. The number of aromatic nitrogens is 1. The molecule has 1 aromatic heterocycles. The highest BCUT2D eigenvalue weighted by Crippen LogP contribution is 2.37. The molecule has 0 radical (unpaired) electrons. The van der Waals surface area contributed by atoms with E-state index in [1.54, 1.807) is 6.07 Å². The largest absolute Gasteiger partial charge is 0.465 e. The molecule has 0 bridgehead atoms. The van der Waals surface area contributed by atoms with Crippen LogP contribution in [0, 0.1) is 17.7 Å². The van der Waals surface area contributed by atoms with E-state index < -0.39 is 6.09 Å². The first-order chi connectivity index (χ1) is 15.9. The van der Waals surface area contributed by atoms with Gasteiger partial charge in [-0.3, -0.25) is 0 Å². The normalized spacial score (nSPS) is 23.0. The molecule has 8 heteroatoms. The summed E-state index contributed by atoms with van der Waals surface area (Å²) in [6, 6.07) is 5.42. The highest BCUT2D eigenvalue weighted by Gasteiger charge is 2.32. The van der Waals surface area contributed by atoms with Crippen LogP contribution in [-0.4, -0.2) is 51.2 Å². The first kappa shape index (κ1) is 23.5. The highest BCUT2D eigenvalue weighted by atomic mass is 19.1. The SMILES string of the molecule is CC(C)C1CCC(N2CCC(n3c(CNC(=O)O)c(C=NO)c4cc(F)ccc43)CC2)CC1. The predicted octanol–water partition coefficient (Wildman–Crippen LogP) is 5.21. The fraction of sp³-hybridized carbons (Fsp3) is 0.600. The number of likely N-dealkylation sites (tertiary alicyclic amines) is 1. The van der Waals surface area contributed by atoms with Crippen molar-refractivity contribution >= 4 is 23.2 Å². The van der Waals surface area contributed by atoms with E-state index in [0.29, 0.717) is 22.7 Å². The smallest absolute Gasteiger partial charge is 0.404 e. The van der Waals surface area contributed by atoms with Crippen LogP contribution in [0.25, 0.3) is 10.9 Å². The summed E-state index contributed by atoms with van der Waals surface area (Å²) in [5.41, 5.74) is 2.09. The molecular formula is C25H35FN4O3. The lowest BCUT2D eigenvalue weighted by atomic mass is 9.79. The Hall–Kier alpha value is -2.61. The van der Waals surface area contributed by atoms with Crippen molar-refractivity contribution in [3.63, 3.8) is 0 Å². The van der Waals surface area contributed by atoms with Crippen molar-refractivity contribution in [3.8, 4) is 0 Å². The maximum absolute atomic E-state index is 14.1. The average Bonchev–Trinajstić information content (AvgIpc) is 3.10. The van der Waals surface area contributed by atoms with Crippen molar-refractivity contribution in [2.45, 2.75) is 71.0 Å². The van der Waals surface area contributed by atoms with Gasteiger partial charge in [0.1, 0.15) is 5.82 Å². The molecule has 1 aliphatic heterocycles. The number of halogens is 1. The molecule has 180 valence electrons. The topological polar surface area (TPSA) is 90.1 Å². The minimum Gasteiger partial charge on any atom is -0.465 e. The number of oxime groups is 1. The molecule has 1 saturated heterocycles. The fourth-order valence-electron chi connectivity index (χ4n) is 5.97. The molecule has 1 aliphatic carbocycles. The maximum Gasteiger partial charge on any atom is 0.404 e.